The Morgan fingerprint density at radius 3 is 2.79 bits per heavy atom. The Kier molecular flexibility index (Phi) is 4.38. The summed E-state index contributed by atoms with van der Waals surface area (Å²) in [6.45, 7) is 0. The molecule has 2 N–H and O–H groups in total. The summed E-state index contributed by atoms with van der Waals surface area (Å²) in [6, 6.07) is 1.61. The molecular formula is C11H10BrClN2O4. The summed E-state index contributed by atoms with van der Waals surface area (Å²) >= 11 is 9.06. The van der Waals surface area contributed by atoms with E-state index in [1.807, 2.05) is 0 Å². The molecule has 19 heavy (non-hydrogen) atoms. The van der Waals surface area contributed by atoms with Gasteiger partial charge in [-0.2, -0.15) is 0 Å². The van der Waals surface area contributed by atoms with Gasteiger partial charge in [-0.3, -0.25) is 4.79 Å². The Labute approximate surface area is 122 Å². The number of carbonyl (C=O) groups is 2. The van der Waals surface area contributed by atoms with Gasteiger partial charge in [0, 0.05) is 10.7 Å². The molecule has 0 aliphatic carbocycles. The van der Waals surface area contributed by atoms with Crippen molar-refractivity contribution in [2.75, 3.05) is 5.32 Å². The molecule has 102 valence electrons. The van der Waals surface area contributed by atoms with Crippen molar-refractivity contribution in [1.82, 2.24) is 4.98 Å². The molecule has 1 aromatic heterocycles. The number of carbonyl (C=O) groups excluding carboxylic acids is 1. The Morgan fingerprint density at radius 1 is 1.47 bits per heavy atom. The molecular weight excluding hydrogens is 339 g/mol. The molecule has 1 saturated heterocycles. The number of hydrogen-bond acceptors (Lipinski definition) is 4. The van der Waals surface area contributed by atoms with E-state index in [2.05, 4.69) is 26.2 Å². The van der Waals surface area contributed by atoms with Crippen LogP contribution in [0.4, 0.5) is 5.69 Å². The summed E-state index contributed by atoms with van der Waals surface area (Å²) in [6.07, 6.45) is 0.479. The molecule has 1 amide bonds. The number of ether oxygens (including phenoxy) is 1. The maximum Gasteiger partial charge on any atom is 0.332 e. The lowest BCUT2D eigenvalue weighted by atomic mass is 10.2. The minimum Gasteiger partial charge on any atom is -0.479 e. The van der Waals surface area contributed by atoms with Crippen LogP contribution in [0.3, 0.4) is 0 Å². The van der Waals surface area contributed by atoms with Gasteiger partial charge >= 0.3 is 5.97 Å². The lowest BCUT2D eigenvalue weighted by molar-refractivity contribution is -0.150. The number of anilines is 1. The summed E-state index contributed by atoms with van der Waals surface area (Å²) < 4.78 is 5.81. The third-order valence-electron chi connectivity index (χ3n) is 2.65. The summed E-state index contributed by atoms with van der Waals surface area (Å²) in [7, 11) is 0. The molecule has 0 saturated carbocycles. The van der Waals surface area contributed by atoms with Crippen LogP contribution in [0, 0.1) is 0 Å². The number of nitrogens with zero attached hydrogens (tertiary/aromatic N) is 1. The molecule has 1 aliphatic rings. The monoisotopic (exact) mass is 348 g/mol. The highest BCUT2D eigenvalue weighted by atomic mass is 79.9. The molecule has 0 bridgehead atoms. The summed E-state index contributed by atoms with van der Waals surface area (Å²) in [5, 5.41) is 11.5. The van der Waals surface area contributed by atoms with Crippen molar-refractivity contribution >= 4 is 45.1 Å². The van der Waals surface area contributed by atoms with E-state index in [1.165, 1.54) is 6.20 Å². The first-order chi connectivity index (χ1) is 8.97. The van der Waals surface area contributed by atoms with Gasteiger partial charge in [0.2, 0.25) is 0 Å². The van der Waals surface area contributed by atoms with E-state index in [4.69, 9.17) is 21.4 Å². The number of aliphatic carboxylic acids is 1. The van der Waals surface area contributed by atoms with Crippen LogP contribution in [0.2, 0.25) is 5.15 Å². The Balaban J connectivity index is 2.02. The molecule has 1 fully saturated rings. The zero-order valence-corrected chi connectivity index (χ0v) is 11.9. The zero-order valence-electron chi connectivity index (χ0n) is 9.60. The first-order valence-electron chi connectivity index (χ1n) is 5.47. The van der Waals surface area contributed by atoms with E-state index in [0.29, 0.717) is 23.0 Å². The van der Waals surface area contributed by atoms with Crippen LogP contribution in [-0.4, -0.2) is 34.2 Å². The predicted octanol–water partition coefficient (Wildman–Crippen LogP) is 2.07. The number of pyridine rings is 1. The van der Waals surface area contributed by atoms with Crippen molar-refractivity contribution in [2.45, 2.75) is 25.0 Å². The van der Waals surface area contributed by atoms with Crippen LogP contribution in [-0.2, 0) is 14.3 Å². The van der Waals surface area contributed by atoms with Crippen molar-refractivity contribution in [3.8, 4) is 0 Å². The Hall–Kier alpha value is -1.18. The predicted molar refractivity (Wildman–Crippen MR) is 71.1 cm³/mol. The lowest BCUT2D eigenvalue weighted by Crippen LogP contribution is -2.30. The summed E-state index contributed by atoms with van der Waals surface area (Å²) in [4.78, 5) is 26.5. The van der Waals surface area contributed by atoms with Crippen LogP contribution >= 0.6 is 27.5 Å². The van der Waals surface area contributed by atoms with Crippen LogP contribution < -0.4 is 5.32 Å². The van der Waals surface area contributed by atoms with Gasteiger partial charge in [0.05, 0.1) is 5.69 Å². The molecule has 2 atom stereocenters. The maximum atomic E-state index is 11.9. The maximum absolute atomic E-state index is 11.9. The molecule has 2 heterocycles. The number of rotatable bonds is 3. The van der Waals surface area contributed by atoms with Gasteiger partial charge in [0.15, 0.2) is 11.3 Å². The van der Waals surface area contributed by atoms with Gasteiger partial charge in [0.1, 0.15) is 6.10 Å². The number of carboxylic acid groups (broad SMARTS) is 1. The van der Waals surface area contributed by atoms with Gasteiger partial charge in [-0.15, -0.1) is 0 Å². The van der Waals surface area contributed by atoms with E-state index in [9.17, 15) is 9.59 Å². The largest absolute Gasteiger partial charge is 0.479 e. The SMILES string of the molecule is O=C(Nc1cc(Br)cnc1Cl)[C@@H]1CC[C@H](C(=O)O)O1. The fourth-order valence-corrected chi connectivity index (χ4v) is 2.22. The fourth-order valence-electron chi connectivity index (χ4n) is 1.74. The second-order valence-corrected chi connectivity index (χ2v) is 5.28. The van der Waals surface area contributed by atoms with E-state index in [1.54, 1.807) is 6.07 Å². The molecule has 8 heteroatoms. The third-order valence-corrected chi connectivity index (χ3v) is 3.39. The molecule has 0 aromatic carbocycles. The first kappa shape index (κ1) is 14.2. The summed E-state index contributed by atoms with van der Waals surface area (Å²) in [5.74, 6) is -1.48. The number of amides is 1. The van der Waals surface area contributed by atoms with Crippen LogP contribution in [0.5, 0.6) is 0 Å². The van der Waals surface area contributed by atoms with Gasteiger partial charge in [-0.1, -0.05) is 11.6 Å². The zero-order chi connectivity index (χ0) is 14.0. The third kappa shape index (κ3) is 3.43. The highest BCUT2D eigenvalue weighted by molar-refractivity contribution is 9.10. The molecule has 0 radical (unpaired) electrons. The number of nitrogens with one attached hydrogen (secondary N) is 1. The van der Waals surface area contributed by atoms with Gasteiger partial charge in [-0.25, -0.2) is 9.78 Å². The number of carboxylic acids is 1. The van der Waals surface area contributed by atoms with Gasteiger partial charge in [0.25, 0.3) is 5.91 Å². The Bertz CT molecular complexity index is 525. The molecule has 6 nitrogen and oxygen atoms in total. The standard InChI is InChI=1S/C11H10BrClN2O4/c12-5-3-6(9(13)14-4-5)15-10(16)7-1-2-8(19-7)11(17)18/h3-4,7-8H,1-2H2,(H,15,16)(H,17,18)/t7-,8+/m0/s1. The van der Waals surface area contributed by atoms with Gasteiger partial charge in [-0.05, 0) is 34.8 Å². The molecule has 2 rings (SSSR count). The molecule has 0 spiro atoms. The fraction of sp³-hybridized carbons (Fsp3) is 0.364. The highest BCUT2D eigenvalue weighted by Gasteiger charge is 2.34. The minimum atomic E-state index is -1.06. The van der Waals surface area contributed by atoms with Crippen molar-refractivity contribution in [3.63, 3.8) is 0 Å². The average Bonchev–Trinajstić information content (AvgIpc) is 2.83. The van der Waals surface area contributed by atoms with Crippen molar-refractivity contribution < 1.29 is 19.4 Å². The topological polar surface area (TPSA) is 88.5 Å². The van der Waals surface area contributed by atoms with Crippen LogP contribution in [0.15, 0.2) is 16.7 Å². The van der Waals surface area contributed by atoms with E-state index in [-0.39, 0.29) is 5.15 Å². The quantitative estimate of drug-likeness (QED) is 0.816. The second-order valence-electron chi connectivity index (χ2n) is 4.01. The van der Waals surface area contributed by atoms with Crippen molar-refractivity contribution in [3.05, 3.63) is 21.9 Å². The minimum absolute atomic E-state index is 0.157. The first-order valence-corrected chi connectivity index (χ1v) is 6.64. The van der Waals surface area contributed by atoms with E-state index < -0.39 is 24.1 Å². The van der Waals surface area contributed by atoms with Crippen molar-refractivity contribution in [2.24, 2.45) is 0 Å². The number of hydrogen-bond donors (Lipinski definition) is 2. The second kappa shape index (κ2) is 5.85. The Morgan fingerprint density at radius 2 is 2.16 bits per heavy atom. The molecule has 0 unspecified atom stereocenters. The summed E-state index contributed by atoms with van der Waals surface area (Å²) in [5.41, 5.74) is 0.350. The van der Waals surface area contributed by atoms with E-state index in [0.717, 1.165) is 0 Å². The highest BCUT2D eigenvalue weighted by Crippen LogP contribution is 2.25. The number of aromatic nitrogens is 1. The lowest BCUT2D eigenvalue weighted by Gasteiger charge is -2.12. The normalized spacial score (nSPS) is 22.2. The van der Waals surface area contributed by atoms with Crippen molar-refractivity contribution in [1.29, 1.82) is 0 Å². The van der Waals surface area contributed by atoms with Crippen LogP contribution in [0.25, 0.3) is 0 Å². The number of halogens is 2. The molecule has 1 aliphatic heterocycles. The van der Waals surface area contributed by atoms with Gasteiger partial charge < -0.3 is 15.2 Å². The molecule has 1 aromatic rings. The average molecular weight is 350 g/mol. The smallest absolute Gasteiger partial charge is 0.332 e. The van der Waals surface area contributed by atoms with Crippen LogP contribution in [0.1, 0.15) is 12.8 Å². The van der Waals surface area contributed by atoms with E-state index >= 15 is 0 Å².